The first-order chi connectivity index (χ1) is 8.13. The van der Waals surface area contributed by atoms with Crippen molar-refractivity contribution < 1.29 is 0 Å². The number of nitrogens with two attached hydrogens (primary N) is 1. The molecule has 2 rings (SSSR count). The molecular weight excluding hydrogens is 210 g/mol. The SMILES string of the molecule is CCC1CN(c2c(C)cccc2N)CCN1C. The van der Waals surface area contributed by atoms with E-state index in [1.54, 1.807) is 0 Å². The molecule has 0 amide bonds. The minimum Gasteiger partial charge on any atom is -0.397 e. The van der Waals surface area contributed by atoms with Gasteiger partial charge in [-0.1, -0.05) is 19.1 Å². The van der Waals surface area contributed by atoms with Gasteiger partial charge in [-0.3, -0.25) is 4.90 Å². The molecule has 1 atom stereocenters. The minimum absolute atomic E-state index is 0.641. The fourth-order valence-electron chi connectivity index (χ4n) is 2.70. The Morgan fingerprint density at radius 1 is 1.35 bits per heavy atom. The Balaban J connectivity index is 2.23. The Bertz CT molecular complexity index is 369. The van der Waals surface area contributed by atoms with Crippen molar-refractivity contribution in [2.24, 2.45) is 0 Å². The first-order valence-corrected chi connectivity index (χ1v) is 6.43. The summed E-state index contributed by atoms with van der Waals surface area (Å²) in [5, 5.41) is 0. The highest BCUT2D eigenvalue weighted by Gasteiger charge is 2.24. The molecule has 17 heavy (non-hydrogen) atoms. The first kappa shape index (κ1) is 12.2. The maximum absolute atomic E-state index is 6.12. The lowest BCUT2D eigenvalue weighted by molar-refractivity contribution is 0.213. The third kappa shape index (κ3) is 2.39. The lowest BCUT2D eigenvalue weighted by Gasteiger charge is -2.41. The van der Waals surface area contributed by atoms with Gasteiger partial charge in [0.2, 0.25) is 0 Å². The van der Waals surface area contributed by atoms with Crippen LogP contribution >= 0.6 is 0 Å². The molecular formula is C14H23N3. The predicted octanol–water partition coefficient (Wildman–Crippen LogP) is 2.11. The molecule has 1 aromatic carbocycles. The molecule has 1 aliphatic heterocycles. The van der Waals surface area contributed by atoms with Crippen LogP contribution in [-0.2, 0) is 0 Å². The van der Waals surface area contributed by atoms with E-state index < -0.39 is 0 Å². The number of hydrogen-bond donors (Lipinski definition) is 1. The van der Waals surface area contributed by atoms with Gasteiger partial charge < -0.3 is 10.6 Å². The van der Waals surface area contributed by atoms with Gasteiger partial charge in [0.25, 0.3) is 0 Å². The van der Waals surface area contributed by atoms with Crippen LogP contribution in [0.3, 0.4) is 0 Å². The van der Waals surface area contributed by atoms with Gasteiger partial charge in [-0.15, -0.1) is 0 Å². The van der Waals surface area contributed by atoms with Gasteiger partial charge >= 0.3 is 0 Å². The number of benzene rings is 1. The Labute approximate surface area is 104 Å². The highest BCUT2D eigenvalue weighted by molar-refractivity contribution is 5.71. The van der Waals surface area contributed by atoms with E-state index in [9.17, 15) is 0 Å². The Morgan fingerprint density at radius 2 is 2.12 bits per heavy atom. The van der Waals surface area contributed by atoms with Crippen LogP contribution < -0.4 is 10.6 Å². The molecule has 1 fully saturated rings. The second-order valence-corrected chi connectivity index (χ2v) is 5.00. The number of hydrogen-bond acceptors (Lipinski definition) is 3. The van der Waals surface area contributed by atoms with Crippen LogP contribution in [0, 0.1) is 6.92 Å². The van der Waals surface area contributed by atoms with Gasteiger partial charge in [-0.25, -0.2) is 0 Å². The number of nitrogens with zero attached hydrogens (tertiary/aromatic N) is 2. The van der Waals surface area contributed by atoms with Gasteiger partial charge in [0.1, 0.15) is 0 Å². The first-order valence-electron chi connectivity index (χ1n) is 6.43. The van der Waals surface area contributed by atoms with Crippen LogP contribution in [-0.4, -0.2) is 37.6 Å². The topological polar surface area (TPSA) is 32.5 Å². The molecule has 1 aromatic rings. The van der Waals surface area contributed by atoms with E-state index >= 15 is 0 Å². The summed E-state index contributed by atoms with van der Waals surface area (Å²) in [4.78, 5) is 4.89. The normalized spacial score (nSPS) is 21.8. The second kappa shape index (κ2) is 4.96. The number of anilines is 2. The number of nitrogen functional groups attached to an aromatic ring is 1. The van der Waals surface area contributed by atoms with Gasteiger partial charge in [0, 0.05) is 25.7 Å². The minimum atomic E-state index is 0.641. The maximum Gasteiger partial charge on any atom is 0.0630 e. The molecule has 1 unspecified atom stereocenters. The molecule has 2 N–H and O–H groups in total. The maximum atomic E-state index is 6.12. The Hall–Kier alpha value is -1.22. The molecule has 3 nitrogen and oxygen atoms in total. The summed E-state index contributed by atoms with van der Waals surface area (Å²) in [7, 11) is 2.21. The summed E-state index contributed by atoms with van der Waals surface area (Å²) in [6.45, 7) is 7.67. The number of likely N-dealkylation sites (N-methyl/N-ethyl adjacent to an activating group) is 1. The van der Waals surface area contributed by atoms with Crippen molar-refractivity contribution in [2.75, 3.05) is 37.3 Å². The summed E-state index contributed by atoms with van der Waals surface area (Å²) in [5.74, 6) is 0. The zero-order valence-corrected chi connectivity index (χ0v) is 11.1. The van der Waals surface area contributed by atoms with Crippen molar-refractivity contribution in [1.82, 2.24) is 4.90 Å². The summed E-state index contributed by atoms with van der Waals surface area (Å²) in [6.07, 6.45) is 1.19. The quantitative estimate of drug-likeness (QED) is 0.794. The van der Waals surface area contributed by atoms with Crippen LogP contribution in [0.5, 0.6) is 0 Å². The molecule has 1 heterocycles. The van der Waals surface area contributed by atoms with Crippen LogP contribution in [0.1, 0.15) is 18.9 Å². The third-order valence-electron chi connectivity index (χ3n) is 3.83. The smallest absolute Gasteiger partial charge is 0.0630 e. The third-order valence-corrected chi connectivity index (χ3v) is 3.83. The zero-order valence-electron chi connectivity index (χ0n) is 11.1. The Morgan fingerprint density at radius 3 is 2.76 bits per heavy atom. The fourth-order valence-corrected chi connectivity index (χ4v) is 2.70. The van der Waals surface area contributed by atoms with Gasteiger partial charge in [0.05, 0.1) is 11.4 Å². The highest BCUT2D eigenvalue weighted by atomic mass is 15.3. The summed E-state index contributed by atoms with van der Waals surface area (Å²) in [6, 6.07) is 6.82. The van der Waals surface area contributed by atoms with Gasteiger partial charge in [0.15, 0.2) is 0 Å². The van der Waals surface area contributed by atoms with E-state index in [1.807, 2.05) is 12.1 Å². The molecule has 1 aliphatic rings. The van der Waals surface area contributed by atoms with Crippen molar-refractivity contribution in [3.8, 4) is 0 Å². The number of piperazine rings is 1. The van der Waals surface area contributed by atoms with Crippen LogP contribution in [0.4, 0.5) is 11.4 Å². The largest absolute Gasteiger partial charge is 0.397 e. The molecule has 0 radical (unpaired) electrons. The molecule has 0 aromatic heterocycles. The van der Waals surface area contributed by atoms with E-state index in [2.05, 4.69) is 36.8 Å². The van der Waals surface area contributed by atoms with Gasteiger partial charge in [-0.05, 0) is 32.0 Å². The standard InChI is InChI=1S/C14H23N3/c1-4-12-10-17(9-8-16(12)3)14-11(2)6-5-7-13(14)15/h5-7,12H,4,8-10,15H2,1-3H3. The molecule has 1 saturated heterocycles. The van der Waals surface area contributed by atoms with Crippen LogP contribution in [0.2, 0.25) is 0 Å². The lowest BCUT2D eigenvalue weighted by atomic mass is 10.1. The van der Waals surface area contributed by atoms with Gasteiger partial charge in [-0.2, -0.15) is 0 Å². The number of aryl methyl sites for hydroxylation is 1. The lowest BCUT2D eigenvalue weighted by Crippen LogP contribution is -2.51. The molecule has 0 spiro atoms. The summed E-state index contributed by atoms with van der Waals surface area (Å²) in [5.41, 5.74) is 9.54. The van der Waals surface area contributed by atoms with E-state index in [1.165, 1.54) is 17.7 Å². The van der Waals surface area contributed by atoms with Crippen LogP contribution in [0.25, 0.3) is 0 Å². The van der Waals surface area contributed by atoms with E-state index in [4.69, 9.17) is 5.73 Å². The zero-order chi connectivity index (χ0) is 12.4. The summed E-state index contributed by atoms with van der Waals surface area (Å²) >= 11 is 0. The number of para-hydroxylation sites is 1. The van der Waals surface area contributed by atoms with Crippen molar-refractivity contribution in [3.05, 3.63) is 23.8 Å². The Kier molecular flexibility index (Phi) is 3.57. The molecule has 0 aliphatic carbocycles. The highest BCUT2D eigenvalue weighted by Crippen LogP contribution is 2.29. The van der Waals surface area contributed by atoms with E-state index in [0.717, 1.165) is 25.3 Å². The molecule has 3 heteroatoms. The summed E-state index contributed by atoms with van der Waals surface area (Å²) < 4.78 is 0. The average molecular weight is 233 g/mol. The van der Waals surface area contributed by atoms with Crippen molar-refractivity contribution in [3.63, 3.8) is 0 Å². The van der Waals surface area contributed by atoms with Crippen molar-refractivity contribution in [1.29, 1.82) is 0 Å². The van der Waals surface area contributed by atoms with E-state index in [0.29, 0.717) is 6.04 Å². The number of rotatable bonds is 2. The predicted molar refractivity (Wildman–Crippen MR) is 74.5 cm³/mol. The average Bonchev–Trinajstić information content (AvgIpc) is 2.31. The van der Waals surface area contributed by atoms with Crippen molar-refractivity contribution >= 4 is 11.4 Å². The van der Waals surface area contributed by atoms with E-state index in [-0.39, 0.29) is 0 Å². The molecule has 94 valence electrons. The second-order valence-electron chi connectivity index (χ2n) is 5.00. The van der Waals surface area contributed by atoms with Crippen molar-refractivity contribution in [2.45, 2.75) is 26.3 Å². The van der Waals surface area contributed by atoms with Crippen LogP contribution in [0.15, 0.2) is 18.2 Å². The molecule has 0 bridgehead atoms. The molecule has 0 saturated carbocycles. The fraction of sp³-hybridized carbons (Fsp3) is 0.571. The monoisotopic (exact) mass is 233 g/mol.